The average molecular weight is 347 g/mol. The van der Waals surface area contributed by atoms with Crippen LogP contribution in [0, 0.1) is 0 Å². The summed E-state index contributed by atoms with van der Waals surface area (Å²) in [6, 6.07) is 11.6. The molecule has 1 fully saturated rings. The summed E-state index contributed by atoms with van der Waals surface area (Å²) >= 11 is 0. The maximum Gasteiger partial charge on any atom is 0.272 e. The van der Waals surface area contributed by atoms with E-state index in [-0.39, 0.29) is 5.91 Å². The average Bonchev–Trinajstić information content (AvgIpc) is 2.72. The Hall–Kier alpha value is -3.02. The molecule has 1 amide bonds. The molecular formula is C20H21N5O. The number of pyridine rings is 1. The number of benzene rings is 1. The summed E-state index contributed by atoms with van der Waals surface area (Å²) in [5.74, 6) is 0.668. The lowest BCUT2D eigenvalue weighted by molar-refractivity contribution is 0.0947. The second kappa shape index (κ2) is 7.47. The molecule has 0 spiro atoms. The summed E-state index contributed by atoms with van der Waals surface area (Å²) < 4.78 is 0. The van der Waals surface area contributed by atoms with Crippen LogP contribution in [-0.2, 0) is 6.54 Å². The SMILES string of the molecule is O=C(NCc1ccncc1)c1nnc(N2CCCCC2)c2ccccc12. The third-order valence-corrected chi connectivity index (χ3v) is 4.74. The van der Waals surface area contributed by atoms with E-state index in [1.165, 1.54) is 19.3 Å². The van der Waals surface area contributed by atoms with Crippen molar-refractivity contribution in [2.24, 2.45) is 0 Å². The van der Waals surface area contributed by atoms with Gasteiger partial charge in [0.05, 0.1) is 0 Å². The molecule has 4 rings (SSSR count). The zero-order valence-corrected chi connectivity index (χ0v) is 14.6. The monoisotopic (exact) mass is 347 g/mol. The zero-order chi connectivity index (χ0) is 17.8. The van der Waals surface area contributed by atoms with Gasteiger partial charge in [-0.2, -0.15) is 0 Å². The fourth-order valence-electron chi connectivity index (χ4n) is 3.36. The molecule has 0 aliphatic carbocycles. The van der Waals surface area contributed by atoms with Crippen LogP contribution in [0.3, 0.4) is 0 Å². The molecule has 1 aliphatic rings. The molecule has 1 saturated heterocycles. The van der Waals surface area contributed by atoms with Crippen LogP contribution in [0.4, 0.5) is 5.82 Å². The van der Waals surface area contributed by atoms with E-state index < -0.39 is 0 Å². The van der Waals surface area contributed by atoms with E-state index in [1.807, 2.05) is 36.4 Å². The molecule has 0 radical (unpaired) electrons. The van der Waals surface area contributed by atoms with Crippen molar-refractivity contribution < 1.29 is 4.79 Å². The van der Waals surface area contributed by atoms with Gasteiger partial charge in [0.2, 0.25) is 0 Å². The Bertz CT molecular complexity index is 906. The molecule has 1 N–H and O–H groups in total. The summed E-state index contributed by atoms with van der Waals surface area (Å²) in [6.07, 6.45) is 7.03. The minimum absolute atomic E-state index is 0.212. The van der Waals surface area contributed by atoms with Gasteiger partial charge < -0.3 is 10.2 Å². The van der Waals surface area contributed by atoms with Gasteiger partial charge in [-0.1, -0.05) is 24.3 Å². The fourth-order valence-corrected chi connectivity index (χ4v) is 3.36. The van der Waals surface area contributed by atoms with Gasteiger partial charge in [-0.3, -0.25) is 9.78 Å². The van der Waals surface area contributed by atoms with Crippen molar-refractivity contribution in [3.8, 4) is 0 Å². The zero-order valence-electron chi connectivity index (χ0n) is 14.6. The summed E-state index contributed by atoms with van der Waals surface area (Å²) in [5.41, 5.74) is 1.37. The topological polar surface area (TPSA) is 71.0 Å². The molecule has 0 unspecified atom stereocenters. The molecule has 6 heteroatoms. The third-order valence-electron chi connectivity index (χ3n) is 4.74. The molecule has 1 aromatic carbocycles. The predicted octanol–water partition coefficient (Wildman–Crippen LogP) is 2.95. The number of nitrogens with one attached hydrogen (secondary N) is 1. The van der Waals surface area contributed by atoms with Crippen LogP contribution >= 0.6 is 0 Å². The summed E-state index contributed by atoms with van der Waals surface area (Å²) in [6.45, 7) is 2.42. The highest BCUT2D eigenvalue weighted by Crippen LogP contribution is 2.27. The first kappa shape index (κ1) is 16.4. The Morgan fingerprint density at radius 1 is 0.962 bits per heavy atom. The molecule has 0 bridgehead atoms. The maximum atomic E-state index is 12.7. The van der Waals surface area contributed by atoms with Gasteiger partial charge in [0.15, 0.2) is 11.5 Å². The quantitative estimate of drug-likeness (QED) is 0.786. The molecule has 1 aliphatic heterocycles. The number of carbonyl (C=O) groups excluding carboxylic acids is 1. The maximum absolute atomic E-state index is 12.7. The van der Waals surface area contributed by atoms with Crippen LogP contribution in [0.5, 0.6) is 0 Å². The lowest BCUT2D eigenvalue weighted by Gasteiger charge is -2.28. The van der Waals surface area contributed by atoms with Crippen molar-refractivity contribution in [1.82, 2.24) is 20.5 Å². The van der Waals surface area contributed by atoms with Gasteiger partial charge in [0.1, 0.15) is 0 Å². The minimum atomic E-state index is -0.212. The fraction of sp³-hybridized carbons (Fsp3) is 0.300. The molecule has 3 heterocycles. The standard InChI is InChI=1S/C20H21N5O/c26-20(22-14-15-8-10-21-11-9-15)18-16-6-2-3-7-17(16)19(24-23-18)25-12-4-1-5-13-25/h2-3,6-11H,1,4-5,12-14H2,(H,22,26). The molecule has 0 atom stereocenters. The Morgan fingerprint density at radius 2 is 1.69 bits per heavy atom. The van der Waals surface area contributed by atoms with Crippen molar-refractivity contribution in [3.63, 3.8) is 0 Å². The number of hydrogen-bond acceptors (Lipinski definition) is 5. The number of carbonyl (C=O) groups is 1. The van der Waals surface area contributed by atoms with Crippen molar-refractivity contribution in [2.45, 2.75) is 25.8 Å². The van der Waals surface area contributed by atoms with Gasteiger partial charge in [0.25, 0.3) is 5.91 Å². The second-order valence-electron chi connectivity index (χ2n) is 6.50. The van der Waals surface area contributed by atoms with Crippen LogP contribution in [-0.4, -0.2) is 34.2 Å². The number of rotatable bonds is 4. The predicted molar refractivity (Wildman–Crippen MR) is 101 cm³/mol. The van der Waals surface area contributed by atoms with E-state index >= 15 is 0 Å². The van der Waals surface area contributed by atoms with Crippen LogP contribution in [0.1, 0.15) is 35.3 Å². The minimum Gasteiger partial charge on any atom is -0.355 e. The van der Waals surface area contributed by atoms with Gasteiger partial charge in [-0.25, -0.2) is 0 Å². The third kappa shape index (κ3) is 3.35. The molecule has 6 nitrogen and oxygen atoms in total. The first-order valence-corrected chi connectivity index (χ1v) is 9.00. The number of hydrogen-bond donors (Lipinski definition) is 1. The highest BCUT2D eigenvalue weighted by Gasteiger charge is 2.19. The molecule has 0 saturated carbocycles. The highest BCUT2D eigenvalue weighted by molar-refractivity contribution is 6.07. The van der Waals surface area contributed by atoms with Crippen LogP contribution in [0.25, 0.3) is 10.8 Å². The number of anilines is 1. The van der Waals surface area contributed by atoms with Crippen LogP contribution in [0.15, 0.2) is 48.8 Å². The van der Waals surface area contributed by atoms with Crippen LogP contribution < -0.4 is 10.2 Å². The van der Waals surface area contributed by atoms with Gasteiger partial charge in [-0.05, 0) is 37.0 Å². The van der Waals surface area contributed by atoms with Crippen molar-refractivity contribution in [1.29, 1.82) is 0 Å². The summed E-state index contributed by atoms with van der Waals surface area (Å²) in [4.78, 5) is 18.9. The van der Waals surface area contributed by atoms with E-state index in [4.69, 9.17) is 0 Å². The van der Waals surface area contributed by atoms with E-state index in [0.717, 1.165) is 35.2 Å². The highest BCUT2D eigenvalue weighted by atomic mass is 16.1. The first-order chi connectivity index (χ1) is 12.8. The van der Waals surface area contributed by atoms with Crippen molar-refractivity contribution in [3.05, 3.63) is 60.0 Å². The lowest BCUT2D eigenvalue weighted by atomic mass is 10.1. The number of nitrogens with zero attached hydrogens (tertiary/aromatic N) is 4. The molecular weight excluding hydrogens is 326 g/mol. The van der Waals surface area contributed by atoms with E-state index in [9.17, 15) is 4.79 Å². The van der Waals surface area contributed by atoms with E-state index in [1.54, 1.807) is 12.4 Å². The Morgan fingerprint density at radius 3 is 2.46 bits per heavy atom. The summed E-state index contributed by atoms with van der Waals surface area (Å²) in [7, 11) is 0. The largest absolute Gasteiger partial charge is 0.355 e. The number of piperidine rings is 1. The molecule has 2 aromatic heterocycles. The first-order valence-electron chi connectivity index (χ1n) is 9.00. The van der Waals surface area contributed by atoms with Gasteiger partial charge in [-0.15, -0.1) is 10.2 Å². The number of aromatic nitrogens is 3. The van der Waals surface area contributed by atoms with Gasteiger partial charge >= 0.3 is 0 Å². The van der Waals surface area contributed by atoms with Crippen molar-refractivity contribution in [2.75, 3.05) is 18.0 Å². The molecule has 132 valence electrons. The lowest BCUT2D eigenvalue weighted by Crippen LogP contribution is -2.31. The number of amides is 1. The number of fused-ring (bicyclic) bond motifs is 1. The molecule has 26 heavy (non-hydrogen) atoms. The Balaban J connectivity index is 1.62. The van der Waals surface area contributed by atoms with E-state index in [0.29, 0.717) is 12.2 Å². The Kier molecular flexibility index (Phi) is 4.73. The van der Waals surface area contributed by atoms with Gasteiger partial charge in [0, 0.05) is 42.8 Å². The summed E-state index contributed by atoms with van der Waals surface area (Å²) in [5, 5.41) is 13.4. The molecule has 3 aromatic rings. The smallest absolute Gasteiger partial charge is 0.272 e. The normalized spacial score (nSPS) is 14.4. The van der Waals surface area contributed by atoms with Crippen LogP contribution in [0.2, 0.25) is 0 Å². The van der Waals surface area contributed by atoms with Crippen molar-refractivity contribution >= 4 is 22.5 Å². The van der Waals surface area contributed by atoms with E-state index in [2.05, 4.69) is 25.4 Å². The second-order valence-corrected chi connectivity index (χ2v) is 6.50. The Labute approximate surface area is 152 Å².